The van der Waals surface area contributed by atoms with Gasteiger partial charge in [-0.1, -0.05) is 23.7 Å². The highest BCUT2D eigenvalue weighted by molar-refractivity contribution is 6.30. The third-order valence-corrected chi connectivity index (χ3v) is 3.15. The number of rotatable bonds is 6. The van der Waals surface area contributed by atoms with Crippen LogP contribution in [0, 0.1) is 0 Å². The van der Waals surface area contributed by atoms with Crippen molar-refractivity contribution in [3.63, 3.8) is 0 Å². The second kappa shape index (κ2) is 7.05. The lowest BCUT2D eigenvalue weighted by atomic mass is 9.91. The maximum atomic E-state index is 11.8. The van der Waals surface area contributed by atoms with E-state index in [0.29, 0.717) is 10.6 Å². The number of nitrogens with two attached hydrogens (primary N) is 2. The summed E-state index contributed by atoms with van der Waals surface area (Å²) in [7, 11) is 0. The average Bonchev–Trinajstić information content (AvgIpc) is 2.44. The van der Waals surface area contributed by atoms with Crippen molar-refractivity contribution in [2.24, 2.45) is 11.5 Å². The summed E-state index contributed by atoms with van der Waals surface area (Å²) in [5.41, 5.74) is 9.50. The molecule has 0 aromatic heterocycles. The molecular formula is C13H17ClN4O3. The first-order chi connectivity index (χ1) is 9.79. The number of amides is 3. The van der Waals surface area contributed by atoms with Gasteiger partial charge in [-0.15, -0.1) is 0 Å². The van der Waals surface area contributed by atoms with Crippen molar-refractivity contribution in [3.05, 3.63) is 34.9 Å². The molecule has 0 saturated carbocycles. The molecule has 0 saturated heterocycles. The fraction of sp³-hybridized carbons (Fsp3) is 0.308. The Morgan fingerprint density at radius 1 is 1.29 bits per heavy atom. The standard InChI is InChI=1S/C13H17ClN4O3/c1-13(12(16)21,8-3-2-4-9(14)5-8)18-11(20)7-17-10(19)6-15/h2-5H,6-7,15H2,1H3,(H2,16,21)(H,17,19)(H,18,20). The average molecular weight is 313 g/mol. The first kappa shape index (κ1) is 16.9. The molecule has 0 heterocycles. The van der Waals surface area contributed by atoms with Gasteiger partial charge in [0.15, 0.2) is 0 Å². The van der Waals surface area contributed by atoms with Gasteiger partial charge in [-0.3, -0.25) is 14.4 Å². The molecule has 0 fully saturated rings. The second-order valence-electron chi connectivity index (χ2n) is 4.53. The summed E-state index contributed by atoms with van der Waals surface area (Å²) in [5.74, 6) is -1.80. The maximum absolute atomic E-state index is 11.8. The van der Waals surface area contributed by atoms with Crippen molar-refractivity contribution in [1.29, 1.82) is 0 Å². The Morgan fingerprint density at radius 3 is 2.48 bits per heavy atom. The van der Waals surface area contributed by atoms with Crippen LogP contribution in [0.4, 0.5) is 0 Å². The number of hydrogen-bond acceptors (Lipinski definition) is 4. The van der Waals surface area contributed by atoms with E-state index in [9.17, 15) is 14.4 Å². The van der Waals surface area contributed by atoms with Gasteiger partial charge in [-0.25, -0.2) is 0 Å². The van der Waals surface area contributed by atoms with Gasteiger partial charge < -0.3 is 22.1 Å². The molecule has 1 aromatic carbocycles. The zero-order valence-electron chi connectivity index (χ0n) is 11.5. The molecule has 8 heteroatoms. The van der Waals surface area contributed by atoms with Crippen molar-refractivity contribution in [3.8, 4) is 0 Å². The number of halogens is 1. The van der Waals surface area contributed by atoms with Gasteiger partial charge in [-0.2, -0.15) is 0 Å². The van der Waals surface area contributed by atoms with E-state index in [-0.39, 0.29) is 13.1 Å². The number of hydrogen-bond donors (Lipinski definition) is 4. The molecule has 1 atom stereocenters. The highest BCUT2D eigenvalue weighted by Gasteiger charge is 2.35. The highest BCUT2D eigenvalue weighted by Crippen LogP contribution is 2.23. The quantitative estimate of drug-likeness (QED) is 0.550. The van der Waals surface area contributed by atoms with Gasteiger partial charge >= 0.3 is 0 Å². The summed E-state index contributed by atoms with van der Waals surface area (Å²) < 4.78 is 0. The van der Waals surface area contributed by atoms with Crippen LogP contribution in [0.1, 0.15) is 12.5 Å². The van der Waals surface area contributed by atoms with Crippen LogP contribution < -0.4 is 22.1 Å². The summed E-state index contributed by atoms with van der Waals surface area (Å²) >= 11 is 5.88. The zero-order valence-corrected chi connectivity index (χ0v) is 12.2. The predicted molar refractivity (Wildman–Crippen MR) is 78.2 cm³/mol. The molecule has 0 aliphatic rings. The van der Waals surface area contributed by atoms with Crippen molar-refractivity contribution >= 4 is 29.3 Å². The molecule has 0 radical (unpaired) electrons. The molecule has 0 aliphatic heterocycles. The number of benzene rings is 1. The summed E-state index contributed by atoms with van der Waals surface area (Å²) in [4.78, 5) is 34.6. The van der Waals surface area contributed by atoms with Crippen LogP contribution in [0.15, 0.2) is 24.3 Å². The number of carbonyl (C=O) groups excluding carboxylic acids is 3. The summed E-state index contributed by atoms with van der Waals surface area (Å²) in [6, 6.07) is 6.43. The van der Waals surface area contributed by atoms with Gasteiger partial charge in [0.1, 0.15) is 5.54 Å². The van der Waals surface area contributed by atoms with Crippen molar-refractivity contribution in [1.82, 2.24) is 10.6 Å². The van der Waals surface area contributed by atoms with Crippen LogP contribution in [0.3, 0.4) is 0 Å². The fourth-order valence-electron chi connectivity index (χ4n) is 1.65. The Labute approximate surface area is 127 Å². The molecule has 0 bridgehead atoms. The van der Waals surface area contributed by atoms with Gasteiger partial charge in [-0.05, 0) is 24.6 Å². The van der Waals surface area contributed by atoms with E-state index >= 15 is 0 Å². The SMILES string of the molecule is CC(NC(=O)CNC(=O)CN)(C(N)=O)c1cccc(Cl)c1. The van der Waals surface area contributed by atoms with Gasteiger partial charge in [0, 0.05) is 5.02 Å². The number of primary amides is 1. The molecule has 0 aliphatic carbocycles. The topological polar surface area (TPSA) is 127 Å². The Morgan fingerprint density at radius 2 is 1.95 bits per heavy atom. The van der Waals surface area contributed by atoms with Crippen LogP contribution in [-0.4, -0.2) is 30.8 Å². The first-order valence-electron chi connectivity index (χ1n) is 6.13. The first-order valence-corrected chi connectivity index (χ1v) is 6.51. The second-order valence-corrected chi connectivity index (χ2v) is 4.97. The molecule has 114 valence electrons. The van der Waals surface area contributed by atoms with Crippen LogP contribution in [0.25, 0.3) is 0 Å². The van der Waals surface area contributed by atoms with Crippen molar-refractivity contribution in [2.75, 3.05) is 13.1 Å². The largest absolute Gasteiger partial charge is 0.367 e. The van der Waals surface area contributed by atoms with Crippen molar-refractivity contribution < 1.29 is 14.4 Å². The third kappa shape index (κ3) is 4.44. The Hall–Kier alpha value is -2.12. The lowest BCUT2D eigenvalue weighted by Gasteiger charge is -2.28. The Kier molecular flexibility index (Phi) is 5.69. The van der Waals surface area contributed by atoms with Crippen molar-refractivity contribution in [2.45, 2.75) is 12.5 Å². The van der Waals surface area contributed by atoms with E-state index in [4.69, 9.17) is 23.1 Å². The molecule has 21 heavy (non-hydrogen) atoms. The molecule has 1 aromatic rings. The number of nitrogens with one attached hydrogen (secondary N) is 2. The minimum atomic E-state index is -1.44. The molecule has 7 nitrogen and oxygen atoms in total. The minimum Gasteiger partial charge on any atom is -0.367 e. The van der Waals surface area contributed by atoms with Crippen LogP contribution >= 0.6 is 11.6 Å². The smallest absolute Gasteiger partial charge is 0.247 e. The highest BCUT2D eigenvalue weighted by atomic mass is 35.5. The van der Waals surface area contributed by atoms with Crippen LogP contribution in [0.2, 0.25) is 5.02 Å². The molecule has 0 spiro atoms. The summed E-state index contributed by atoms with van der Waals surface area (Å²) in [6.45, 7) is 0.928. The summed E-state index contributed by atoms with van der Waals surface area (Å²) in [5, 5.41) is 5.20. The Balaban J connectivity index is 2.89. The molecule has 3 amide bonds. The van der Waals surface area contributed by atoms with Gasteiger partial charge in [0.05, 0.1) is 13.1 Å². The zero-order chi connectivity index (χ0) is 16.0. The van der Waals surface area contributed by atoms with Crippen LogP contribution in [0.5, 0.6) is 0 Å². The van der Waals surface area contributed by atoms with E-state index in [1.165, 1.54) is 13.0 Å². The van der Waals surface area contributed by atoms with E-state index < -0.39 is 23.3 Å². The molecule has 1 rings (SSSR count). The maximum Gasteiger partial charge on any atom is 0.247 e. The third-order valence-electron chi connectivity index (χ3n) is 2.92. The van der Waals surface area contributed by atoms with E-state index in [2.05, 4.69) is 10.6 Å². The summed E-state index contributed by atoms with van der Waals surface area (Å²) in [6.07, 6.45) is 0. The minimum absolute atomic E-state index is 0.228. The molecule has 6 N–H and O–H groups in total. The van der Waals surface area contributed by atoms with E-state index in [0.717, 1.165) is 0 Å². The fourth-order valence-corrected chi connectivity index (χ4v) is 1.84. The lowest BCUT2D eigenvalue weighted by molar-refractivity contribution is -0.131. The molecule has 1 unspecified atom stereocenters. The van der Waals surface area contributed by atoms with Crippen LogP contribution in [-0.2, 0) is 19.9 Å². The lowest BCUT2D eigenvalue weighted by Crippen LogP contribution is -2.55. The van der Waals surface area contributed by atoms with Gasteiger partial charge in [0.25, 0.3) is 0 Å². The normalized spacial score (nSPS) is 13.1. The van der Waals surface area contributed by atoms with Gasteiger partial charge in [0.2, 0.25) is 17.7 Å². The molecular weight excluding hydrogens is 296 g/mol. The monoisotopic (exact) mass is 312 g/mol. The van der Waals surface area contributed by atoms with E-state index in [1.807, 2.05) is 0 Å². The van der Waals surface area contributed by atoms with E-state index in [1.54, 1.807) is 18.2 Å². The Bertz CT molecular complexity index is 564. The predicted octanol–water partition coefficient (Wildman–Crippen LogP) is -0.768. The number of carbonyl (C=O) groups is 3.